The largest absolute Gasteiger partial charge is 0.393 e. The maximum absolute atomic E-state index is 11.3. The van der Waals surface area contributed by atoms with Crippen molar-refractivity contribution >= 4 is 5.91 Å². The van der Waals surface area contributed by atoms with E-state index >= 15 is 0 Å². The number of hydrogen-bond acceptors (Lipinski definition) is 3. The van der Waals surface area contributed by atoms with Crippen LogP contribution in [0.2, 0.25) is 0 Å². The maximum atomic E-state index is 11.3. The fourth-order valence-corrected chi connectivity index (χ4v) is 1.13. The number of nitrogens with one attached hydrogen (secondary N) is 1. The molecule has 1 aromatic rings. The lowest BCUT2D eigenvalue weighted by Crippen LogP contribution is -2.23. The Morgan fingerprint density at radius 2 is 2.20 bits per heavy atom. The second-order valence-corrected chi connectivity index (χ2v) is 3.52. The third kappa shape index (κ3) is 5.12. The van der Waals surface area contributed by atoms with Gasteiger partial charge in [-0.25, -0.2) is 0 Å². The van der Waals surface area contributed by atoms with Crippen LogP contribution >= 0.6 is 0 Å². The number of carbonyl (C=O) groups is 1. The molecule has 82 valence electrons. The van der Waals surface area contributed by atoms with Gasteiger partial charge in [-0.1, -0.05) is 0 Å². The van der Waals surface area contributed by atoms with E-state index in [-0.39, 0.29) is 5.91 Å². The Balaban J connectivity index is 2.23. The van der Waals surface area contributed by atoms with Crippen molar-refractivity contribution in [1.29, 1.82) is 0 Å². The van der Waals surface area contributed by atoms with Gasteiger partial charge in [0, 0.05) is 25.4 Å². The summed E-state index contributed by atoms with van der Waals surface area (Å²) in [5.74, 6) is -0.0345. The first-order valence-corrected chi connectivity index (χ1v) is 5.02. The van der Waals surface area contributed by atoms with E-state index in [0.29, 0.717) is 19.4 Å². The molecule has 1 aromatic heterocycles. The molecule has 4 heteroatoms. The van der Waals surface area contributed by atoms with Crippen LogP contribution in [0.4, 0.5) is 0 Å². The summed E-state index contributed by atoms with van der Waals surface area (Å²) in [7, 11) is 0. The third-order valence-corrected chi connectivity index (χ3v) is 2.03. The lowest BCUT2D eigenvalue weighted by Gasteiger charge is -2.06. The number of nitrogens with zero attached hydrogens (tertiary/aromatic N) is 1. The molecule has 0 aliphatic rings. The summed E-state index contributed by atoms with van der Waals surface area (Å²) in [6, 6.07) is 3.71. The molecule has 0 radical (unpaired) electrons. The van der Waals surface area contributed by atoms with Crippen molar-refractivity contribution in [2.45, 2.75) is 32.4 Å². The molecule has 0 aromatic carbocycles. The molecular weight excluding hydrogens is 192 g/mol. The molecule has 0 saturated carbocycles. The van der Waals surface area contributed by atoms with Crippen LogP contribution in [-0.2, 0) is 11.3 Å². The molecule has 0 aliphatic carbocycles. The molecule has 1 unspecified atom stereocenters. The van der Waals surface area contributed by atoms with Crippen LogP contribution in [0.5, 0.6) is 0 Å². The molecule has 15 heavy (non-hydrogen) atoms. The summed E-state index contributed by atoms with van der Waals surface area (Å²) in [5.41, 5.74) is 1.02. The normalized spacial score (nSPS) is 12.1. The van der Waals surface area contributed by atoms with Gasteiger partial charge in [0.25, 0.3) is 0 Å². The van der Waals surface area contributed by atoms with Gasteiger partial charge in [-0.15, -0.1) is 0 Å². The van der Waals surface area contributed by atoms with Gasteiger partial charge in [-0.3, -0.25) is 9.78 Å². The highest BCUT2D eigenvalue weighted by Gasteiger charge is 2.03. The van der Waals surface area contributed by atoms with E-state index in [1.54, 1.807) is 19.3 Å². The minimum Gasteiger partial charge on any atom is -0.393 e. The minimum absolute atomic E-state index is 0.0345. The average Bonchev–Trinajstić information content (AvgIpc) is 2.25. The van der Waals surface area contributed by atoms with Gasteiger partial charge < -0.3 is 10.4 Å². The van der Waals surface area contributed by atoms with E-state index in [1.165, 1.54) is 0 Å². The van der Waals surface area contributed by atoms with Crippen LogP contribution in [-0.4, -0.2) is 22.1 Å². The first-order chi connectivity index (χ1) is 7.18. The predicted octanol–water partition coefficient (Wildman–Crippen LogP) is 0.859. The average molecular weight is 208 g/mol. The highest BCUT2D eigenvalue weighted by molar-refractivity contribution is 5.75. The minimum atomic E-state index is -0.420. The summed E-state index contributed by atoms with van der Waals surface area (Å²) >= 11 is 0. The van der Waals surface area contributed by atoms with Crippen molar-refractivity contribution in [3.63, 3.8) is 0 Å². The van der Waals surface area contributed by atoms with Gasteiger partial charge in [0.2, 0.25) is 5.91 Å². The first-order valence-electron chi connectivity index (χ1n) is 5.02. The zero-order chi connectivity index (χ0) is 11.1. The Morgan fingerprint density at radius 1 is 1.53 bits per heavy atom. The van der Waals surface area contributed by atoms with Crippen molar-refractivity contribution < 1.29 is 9.90 Å². The van der Waals surface area contributed by atoms with E-state index < -0.39 is 6.10 Å². The highest BCUT2D eigenvalue weighted by atomic mass is 16.3. The van der Waals surface area contributed by atoms with Crippen molar-refractivity contribution in [2.75, 3.05) is 0 Å². The van der Waals surface area contributed by atoms with E-state index in [1.807, 2.05) is 12.1 Å². The van der Waals surface area contributed by atoms with Gasteiger partial charge in [-0.05, 0) is 31.0 Å². The quantitative estimate of drug-likeness (QED) is 0.754. The molecule has 1 heterocycles. The van der Waals surface area contributed by atoms with E-state index in [2.05, 4.69) is 10.3 Å². The maximum Gasteiger partial charge on any atom is 0.220 e. The highest BCUT2D eigenvalue weighted by Crippen LogP contribution is 1.98. The number of amides is 1. The number of aliphatic hydroxyl groups is 1. The second kappa shape index (κ2) is 6.14. The molecule has 2 N–H and O–H groups in total. The Hall–Kier alpha value is -1.42. The second-order valence-electron chi connectivity index (χ2n) is 3.52. The van der Waals surface area contributed by atoms with Crippen LogP contribution in [0.25, 0.3) is 0 Å². The summed E-state index contributed by atoms with van der Waals surface area (Å²) in [6.45, 7) is 2.19. The first kappa shape index (κ1) is 11.7. The van der Waals surface area contributed by atoms with Crippen LogP contribution in [0.1, 0.15) is 25.3 Å². The third-order valence-electron chi connectivity index (χ3n) is 2.03. The van der Waals surface area contributed by atoms with Crippen molar-refractivity contribution in [3.8, 4) is 0 Å². The smallest absolute Gasteiger partial charge is 0.220 e. The van der Waals surface area contributed by atoms with Crippen LogP contribution in [0.15, 0.2) is 24.5 Å². The Kier molecular flexibility index (Phi) is 4.77. The van der Waals surface area contributed by atoms with Crippen LogP contribution in [0.3, 0.4) is 0 Å². The van der Waals surface area contributed by atoms with E-state index in [4.69, 9.17) is 5.11 Å². The fraction of sp³-hybridized carbons (Fsp3) is 0.455. The van der Waals surface area contributed by atoms with Gasteiger partial charge in [-0.2, -0.15) is 0 Å². The zero-order valence-electron chi connectivity index (χ0n) is 8.81. The SMILES string of the molecule is CC(O)CCC(=O)NCc1ccncc1. The summed E-state index contributed by atoms with van der Waals surface area (Å²) in [4.78, 5) is 15.2. The van der Waals surface area contributed by atoms with Crippen molar-refractivity contribution in [2.24, 2.45) is 0 Å². The monoisotopic (exact) mass is 208 g/mol. The molecule has 1 atom stereocenters. The molecule has 1 amide bonds. The van der Waals surface area contributed by atoms with E-state index in [9.17, 15) is 4.79 Å². The molecule has 0 bridgehead atoms. The number of pyridine rings is 1. The van der Waals surface area contributed by atoms with E-state index in [0.717, 1.165) is 5.56 Å². The van der Waals surface area contributed by atoms with Gasteiger partial charge in [0.1, 0.15) is 0 Å². The predicted molar refractivity (Wildman–Crippen MR) is 57.0 cm³/mol. The lowest BCUT2D eigenvalue weighted by molar-refractivity contribution is -0.121. The number of carbonyl (C=O) groups excluding carboxylic acids is 1. The standard InChI is InChI=1S/C11H16N2O2/c1-9(14)2-3-11(15)13-8-10-4-6-12-7-5-10/h4-7,9,14H,2-3,8H2,1H3,(H,13,15). The molecule has 0 fully saturated rings. The van der Waals surface area contributed by atoms with Crippen molar-refractivity contribution in [3.05, 3.63) is 30.1 Å². The molecule has 0 saturated heterocycles. The lowest BCUT2D eigenvalue weighted by atomic mass is 10.2. The molecule has 1 rings (SSSR count). The molecular formula is C11H16N2O2. The summed E-state index contributed by atoms with van der Waals surface area (Å²) in [5, 5.41) is 11.8. The number of aromatic nitrogens is 1. The molecule has 0 spiro atoms. The zero-order valence-corrected chi connectivity index (χ0v) is 8.81. The van der Waals surface area contributed by atoms with Crippen LogP contribution < -0.4 is 5.32 Å². The topological polar surface area (TPSA) is 62.2 Å². The number of aliphatic hydroxyl groups excluding tert-OH is 1. The molecule has 4 nitrogen and oxygen atoms in total. The Bertz CT molecular complexity index is 299. The fourth-order valence-electron chi connectivity index (χ4n) is 1.13. The van der Waals surface area contributed by atoms with Crippen LogP contribution in [0, 0.1) is 0 Å². The summed E-state index contributed by atoms with van der Waals surface area (Å²) < 4.78 is 0. The van der Waals surface area contributed by atoms with Gasteiger partial charge in [0.15, 0.2) is 0 Å². The van der Waals surface area contributed by atoms with Gasteiger partial charge >= 0.3 is 0 Å². The van der Waals surface area contributed by atoms with Gasteiger partial charge in [0.05, 0.1) is 6.10 Å². The molecule has 0 aliphatic heterocycles. The Morgan fingerprint density at radius 3 is 2.80 bits per heavy atom. The Labute approximate surface area is 89.3 Å². The number of rotatable bonds is 5. The van der Waals surface area contributed by atoms with Crippen molar-refractivity contribution in [1.82, 2.24) is 10.3 Å². The summed E-state index contributed by atoms with van der Waals surface area (Å²) in [6.07, 6.45) is 3.83. The number of hydrogen-bond donors (Lipinski definition) is 2.